The Morgan fingerprint density at radius 2 is 2.00 bits per heavy atom. The summed E-state index contributed by atoms with van der Waals surface area (Å²) in [6.45, 7) is 4.40. The van der Waals surface area contributed by atoms with Gasteiger partial charge in [-0.3, -0.25) is 14.7 Å². The molecule has 2 bridgehead atoms. The number of hydrogen-bond donors (Lipinski definition) is 1. The Bertz CT molecular complexity index is 611. The number of carbonyl (C=O) groups is 2. The molecule has 0 aliphatic carbocycles. The summed E-state index contributed by atoms with van der Waals surface area (Å²) in [4.78, 5) is 31.3. The summed E-state index contributed by atoms with van der Waals surface area (Å²) in [5.74, 6) is -0.0112. The number of piperazine rings is 1. The molecule has 1 N–H and O–H groups in total. The highest BCUT2D eigenvalue weighted by molar-refractivity contribution is 5.92. The Morgan fingerprint density at radius 3 is 2.71 bits per heavy atom. The molecule has 3 aliphatic heterocycles. The van der Waals surface area contributed by atoms with Crippen molar-refractivity contribution in [3.05, 3.63) is 18.0 Å². The Labute approximate surface area is 140 Å². The number of aromatic amines is 1. The lowest BCUT2D eigenvalue weighted by Gasteiger charge is -2.36. The zero-order valence-corrected chi connectivity index (χ0v) is 13.9. The fourth-order valence-corrected chi connectivity index (χ4v) is 3.89. The van der Waals surface area contributed by atoms with Gasteiger partial charge in [-0.1, -0.05) is 0 Å². The Kier molecular flexibility index (Phi) is 4.01. The molecule has 2 amide bonds. The van der Waals surface area contributed by atoms with Crippen LogP contribution in [0.25, 0.3) is 0 Å². The number of morpholine rings is 1. The maximum Gasteiger partial charge on any atom is 0.272 e. The number of ether oxygens (including phenoxy) is 1. The third-order valence-electron chi connectivity index (χ3n) is 5.31. The second kappa shape index (κ2) is 6.18. The van der Waals surface area contributed by atoms with Crippen LogP contribution in [0.1, 0.15) is 16.9 Å². The molecule has 0 aromatic carbocycles. The van der Waals surface area contributed by atoms with E-state index in [1.54, 1.807) is 17.2 Å². The van der Waals surface area contributed by atoms with Gasteiger partial charge in [-0.2, -0.15) is 5.10 Å². The van der Waals surface area contributed by atoms with Crippen LogP contribution in [0.5, 0.6) is 0 Å². The standard InChI is InChI=1S/C16H23N5O3/c1-19-4-6-20(7-5-19)15(22)12-8-11-9-21(10-14(12)24-11)16(23)13-2-3-17-18-13/h2-3,11-12,14H,4-10H2,1H3,(H,17,18). The first-order chi connectivity index (χ1) is 11.6. The first kappa shape index (κ1) is 15.6. The molecule has 1 aromatic heterocycles. The maximum absolute atomic E-state index is 12.9. The van der Waals surface area contributed by atoms with E-state index in [4.69, 9.17) is 4.74 Å². The molecule has 0 spiro atoms. The highest BCUT2D eigenvalue weighted by atomic mass is 16.5. The molecule has 8 heteroatoms. The summed E-state index contributed by atoms with van der Waals surface area (Å²) < 4.78 is 5.96. The van der Waals surface area contributed by atoms with Crippen LogP contribution in [0.3, 0.4) is 0 Å². The van der Waals surface area contributed by atoms with Crippen LogP contribution in [-0.4, -0.2) is 95.2 Å². The number of rotatable bonds is 2. The molecule has 0 radical (unpaired) electrons. The second-order valence-corrected chi connectivity index (χ2v) is 6.95. The first-order valence-corrected chi connectivity index (χ1v) is 8.53. The number of aromatic nitrogens is 2. The quantitative estimate of drug-likeness (QED) is 0.783. The maximum atomic E-state index is 12.9. The van der Waals surface area contributed by atoms with Gasteiger partial charge in [-0.15, -0.1) is 0 Å². The molecule has 3 aliphatic rings. The number of fused-ring (bicyclic) bond motifs is 2. The SMILES string of the molecule is CN1CCN(C(=O)C2CC3CN(C(=O)c4ccn[nH]4)CC2O3)CC1. The Hall–Kier alpha value is -1.93. The fraction of sp³-hybridized carbons (Fsp3) is 0.688. The zero-order chi connectivity index (χ0) is 16.7. The normalized spacial score (nSPS) is 30.6. The van der Waals surface area contributed by atoms with Gasteiger partial charge in [0.25, 0.3) is 5.91 Å². The molecule has 3 atom stereocenters. The highest BCUT2D eigenvalue weighted by Crippen LogP contribution is 2.33. The van der Waals surface area contributed by atoms with Gasteiger partial charge in [0.1, 0.15) is 5.69 Å². The molecular weight excluding hydrogens is 310 g/mol. The van der Waals surface area contributed by atoms with Gasteiger partial charge in [-0.05, 0) is 19.5 Å². The van der Waals surface area contributed by atoms with Crippen molar-refractivity contribution in [2.24, 2.45) is 5.92 Å². The van der Waals surface area contributed by atoms with E-state index >= 15 is 0 Å². The summed E-state index contributed by atoms with van der Waals surface area (Å²) in [7, 11) is 2.08. The number of nitrogens with one attached hydrogen (secondary N) is 1. The van der Waals surface area contributed by atoms with Gasteiger partial charge < -0.3 is 19.4 Å². The first-order valence-electron chi connectivity index (χ1n) is 8.53. The predicted octanol–water partition coefficient (Wildman–Crippen LogP) is -0.587. The van der Waals surface area contributed by atoms with Crippen LogP contribution in [-0.2, 0) is 9.53 Å². The number of nitrogens with zero attached hydrogens (tertiary/aromatic N) is 4. The number of likely N-dealkylation sites (N-methyl/N-ethyl adjacent to an activating group) is 1. The van der Waals surface area contributed by atoms with Gasteiger partial charge in [0.05, 0.1) is 18.1 Å². The monoisotopic (exact) mass is 333 g/mol. The molecule has 4 heterocycles. The Balaban J connectivity index is 1.42. The molecule has 1 aromatic rings. The predicted molar refractivity (Wildman–Crippen MR) is 85.3 cm³/mol. The van der Waals surface area contributed by atoms with Gasteiger partial charge in [-0.25, -0.2) is 0 Å². The van der Waals surface area contributed by atoms with E-state index in [1.807, 2.05) is 4.90 Å². The van der Waals surface area contributed by atoms with Crippen molar-refractivity contribution >= 4 is 11.8 Å². The van der Waals surface area contributed by atoms with Crippen LogP contribution < -0.4 is 0 Å². The van der Waals surface area contributed by atoms with E-state index in [9.17, 15) is 9.59 Å². The van der Waals surface area contributed by atoms with Crippen molar-refractivity contribution in [2.45, 2.75) is 18.6 Å². The zero-order valence-electron chi connectivity index (χ0n) is 13.9. The number of amides is 2. The molecule has 24 heavy (non-hydrogen) atoms. The van der Waals surface area contributed by atoms with Gasteiger partial charge >= 0.3 is 0 Å². The largest absolute Gasteiger partial charge is 0.370 e. The third-order valence-corrected chi connectivity index (χ3v) is 5.31. The van der Waals surface area contributed by atoms with Crippen LogP contribution >= 0.6 is 0 Å². The lowest BCUT2D eigenvalue weighted by Crippen LogP contribution is -2.51. The van der Waals surface area contributed by atoms with Crippen molar-refractivity contribution in [1.29, 1.82) is 0 Å². The van der Waals surface area contributed by atoms with Crippen LogP contribution in [0, 0.1) is 5.92 Å². The van der Waals surface area contributed by atoms with Crippen molar-refractivity contribution in [1.82, 2.24) is 24.9 Å². The summed E-state index contributed by atoms with van der Waals surface area (Å²) in [5, 5.41) is 6.55. The van der Waals surface area contributed by atoms with Crippen molar-refractivity contribution < 1.29 is 14.3 Å². The number of hydrogen-bond acceptors (Lipinski definition) is 5. The average Bonchev–Trinajstić information content (AvgIpc) is 3.22. The van der Waals surface area contributed by atoms with Gasteiger partial charge in [0.15, 0.2) is 0 Å². The van der Waals surface area contributed by atoms with Crippen LogP contribution in [0.4, 0.5) is 0 Å². The highest BCUT2D eigenvalue weighted by Gasteiger charge is 2.47. The molecule has 3 unspecified atom stereocenters. The summed E-state index contributed by atoms with van der Waals surface area (Å²) in [5.41, 5.74) is 0.484. The van der Waals surface area contributed by atoms with Crippen molar-refractivity contribution in [3.63, 3.8) is 0 Å². The summed E-state index contributed by atoms with van der Waals surface area (Å²) >= 11 is 0. The minimum absolute atomic E-state index is 0.0444. The van der Waals surface area contributed by atoms with Gasteiger partial charge in [0, 0.05) is 45.5 Å². The van der Waals surface area contributed by atoms with Gasteiger partial charge in [0.2, 0.25) is 5.91 Å². The molecule has 3 saturated heterocycles. The molecule has 3 fully saturated rings. The number of likely N-dealkylation sites (tertiary alicyclic amines) is 1. The fourth-order valence-electron chi connectivity index (χ4n) is 3.89. The number of carbonyl (C=O) groups excluding carboxylic acids is 2. The van der Waals surface area contributed by atoms with Crippen molar-refractivity contribution in [3.8, 4) is 0 Å². The lowest BCUT2D eigenvalue weighted by molar-refractivity contribution is -0.139. The molecule has 8 nitrogen and oxygen atoms in total. The van der Waals surface area contributed by atoms with Crippen LogP contribution in [0.15, 0.2) is 12.3 Å². The lowest BCUT2D eigenvalue weighted by atomic mass is 9.98. The minimum Gasteiger partial charge on any atom is -0.370 e. The summed E-state index contributed by atoms with van der Waals surface area (Å²) in [6, 6.07) is 1.67. The second-order valence-electron chi connectivity index (χ2n) is 6.95. The average molecular weight is 333 g/mol. The van der Waals surface area contributed by atoms with E-state index < -0.39 is 0 Å². The smallest absolute Gasteiger partial charge is 0.272 e. The molecular formula is C16H23N5O3. The summed E-state index contributed by atoms with van der Waals surface area (Å²) in [6.07, 6.45) is 2.05. The van der Waals surface area contributed by atoms with Crippen LogP contribution in [0.2, 0.25) is 0 Å². The topological polar surface area (TPSA) is 81.8 Å². The van der Waals surface area contributed by atoms with Crippen molar-refractivity contribution in [2.75, 3.05) is 46.3 Å². The molecule has 0 saturated carbocycles. The van der Waals surface area contributed by atoms with E-state index in [-0.39, 0.29) is 29.9 Å². The minimum atomic E-state index is -0.192. The van der Waals surface area contributed by atoms with E-state index in [0.29, 0.717) is 25.2 Å². The molecule has 4 rings (SSSR count). The van der Waals surface area contributed by atoms with E-state index in [2.05, 4.69) is 22.1 Å². The van der Waals surface area contributed by atoms with E-state index in [0.717, 1.165) is 26.2 Å². The third kappa shape index (κ3) is 2.80. The Morgan fingerprint density at radius 1 is 1.21 bits per heavy atom. The molecule has 130 valence electrons. The van der Waals surface area contributed by atoms with E-state index in [1.165, 1.54) is 0 Å². The number of H-pyrrole nitrogens is 1.